The number of hydrogen-bond acceptors (Lipinski definition) is 3. The first kappa shape index (κ1) is 17.6. The summed E-state index contributed by atoms with van der Waals surface area (Å²) in [5, 5.41) is -0.394. The van der Waals surface area contributed by atoms with Gasteiger partial charge in [-0.25, -0.2) is 4.98 Å². The van der Waals surface area contributed by atoms with Crippen molar-refractivity contribution in [3.63, 3.8) is 0 Å². The van der Waals surface area contributed by atoms with Crippen molar-refractivity contribution in [1.29, 1.82) is 0 Å². The third kappa shape index (κ3) is 4.63. The zero-order valence-electron chi connectivity index (χ0n) is 11.7. The number of benzene rings is 1. The van der Waals surface area contributed by atoms with Crippen molar-refractivity contribution in [2.45, 2.75) is 12.7 Å². The van der Waals surface area contributed by atoms with Crippen LogP contribution in [0.3, 0.4) is 0 Å². The van der Waals surface area contributed by atoms with Crippen molar-refractivity contribution >= 4 is 28.9 Å². The molecule has 1 amide bonds. The summed E-state index contributed by atoms with van der Waals surface area (Å²) in [6, 6.07) is 3.42. The number of carbonyl (C=O) groups excluding carboxylic acids is 1. The first-order valence-electron chi connectivity index (χ1n) is 6.18. The molecule has 0 saturated heterocycles. The molecule has 10 heteroatoms. The van der Waals surface area contributed by atoms with E-state index in [0.717, 1.165) is 6.07 Å². The molecule has 0 aliphatic rings. The number of carbonyl (C=O) groups is 1. The van der Waals surface area contributed by atoms with Crippen LogP contribution in [0.15, 0.2) is 30.7 Å². The number of hydrogen-bond donors (Lipinski definition) is 1. The van der Waals surface area contributed by atoms with E-state index in [2.05, 4.69) is 9.71 Å². The molecule has 2 rings (SSSR count). The van der Waals surface area contributed by atoms with Gasteiger partial charge in [0.2, 0.25) is 0 Å². The lowest BCUT2D eigenvalue weighted by Gasteiger charge is -2.10. The first-order valence-corrected chi connectivity index (χ1v) is 8.12. The van der Waals surface area contributed by atoms with Crippen molar-refractivity contribution < 1.29 is 22.5 Å². The summed E-state index contributed by atoms with van der Waals surface area (Å²) in [6.07, 6.45) is -0.461. The molecule has 2 aromatic rings. The number of aromatic nitrogens is 2. The Morgan fingerprint density at radius 3 is 2.74 bits per heavy atom. The Bertz CT molecular complexity index is 719. The van der Waals surface area contributed by atoms with Crippen molar-refractivity contribution in [2.75, 3.05) is 6.26 Å². The summed E-state index contributed by atoms with van der Waals surface area (Å²) in [4.78, 5) is 15.5. The van der Waals surface area contributed by atoms with Gasteiger partial charge in [0.05, 0.1) is 28.3 Å². The van der Waals surface area contributed by atoms with Crippen molar-refractivity contribution in [3.05, 3.63) is 52.6 Å². The molecule has 1 unspecified atom stereocenters. The zero-order chi connectivity index (χ0) is 17.2. The molecule has 0 fully saturated rings. The van der Waals surface area contributed by atoms with E-state index in [-0.39, 0.29) is 12.2 Å². The highest BCUT2D eigenvalue weighted by molar-refractivity contribution is 7.89. The summed E-state index contributed by atoms with van der Waals surface area (Å²) >= 11 is 4.14. The number of rotatable bonds is 4. The van der Waals surface area contributed by atoms with E-state index in [0.29, 0.717) is 5.56 Å². The number of imidazole rings is 1. The quantitative estimate of drug-likeness (QED) is 0.847. The summed E-state index contributed by atoms with van der Waals surface area (Å²) in [6.45, 7) is 0.188. The Morgan fingerprint density at radius 2 is 2.17 bits per heavy atom. The van der Waals surface area contributed by atoms with Gasteiger partial charge < -0.3 is 9.12 Å². The fourth-order valence-electron chi connectivity index (χ4n) is 1.84. The molecule has 23 heavy (non-hydrogen) atoms. The smallest absolute Gasteiger partial charge is 0.417 e. The molecular weight excluding hydrogens is 355 g/mol. The van der Waals surface area contributed by atoms with Crippen molar-refractivity contribution in [2.24, 2.45) is 0 Å². The van der Waals surface area contributed by atoms with Gasteiger partial charge in [0, 0.05) is 12.7 Å². The Hall–Kier alpha value is -1.71. The highest BCUT2D eigenvalue weighted by atomic mass is 35.5. The molecule has 0 spiro atoms. The summed E-state index contributed by atoms with van der Waals surface area (Å²) in [5.41, 5.74) is -0.330. The molecule has 1 N–H and O–H groups in total. The number of alkyl halides is 3. The standard InChI is InChI=1S/C13H11ClF3N3O2S/c1-23(22)19-12(21)11-6-20(7-18-11)5-8-2-3-9(10(14)4-8)13(15,16)17/h2-4,6-7H,5H2,1H3,(H,19,21). The molecule has 124 valence electrons. The van der Waals surface area contributed by atoms with E-state index in [9.17, 15) is 22.5 Å². The highest BCUT2D eigenvalue weighted by Crippen LogP contribution is 2.35. The maximum atomic E-state index is 12.6. The van der Waals surface area contributed by atoms with Crippen molar-refractivity contribution in [1.82, 2.24) is 14.3 Å². The summed E-state index contributed by atoms with van der Waals surface area (Å²) in [7, 11) is 0. The fourth-order valence-corrected chi connectivity index (χ4v) is 2.52. The molecule has 0 bridgehead atoms. The van der Waals surface area contributed by atoms with E-state index in [1.54, 1.807) is 0 Å². The second-order valence-electron chi connectivity index (χ2n) is 4.63. The largest absolute Gasteiger partial charge is 0.593 e. The molecule has 1 heterocycles. The van der Waals surface area contributed by atoms with Crippen LogP contribution in [0, 0.1) is 0 Å². The molecule has 0 radical (unpaired) electrons. The predicted octanol–water partition coefficient (Wildman–Crippen LogP) is 2.63. The van der Waals surface area contributed by atoms with Gasteiger partial charge in [-0.15, -0.1) is 0 Å². The van der Waals surface area contributed by atoms with E-state index >= 15 is 0 Å². The Morgan fingerprint density at radius 1 is 1.48 bits per heavy atom. The minimum Gasteiger partial charge on any atom is -0.593 e. The molecule has 5 nitrogen and oxygen atoms in total. The van der Waals surface area contributed by atoms with Crippen LogP contribution in [0.1, 0.15) is 21.6 Å². The minimum absolute atomic E-state index is 0.0539. The Labute approximate surface area is 137 Å². The third-order valence-electron chi connectivity index (χ3n) is 2.81. The second-order valence-corrected chi connectivity index (χ2v) is 6.15. The molecular formula is C13H11ClF3N3O2S. The molecule has 0 aliphatic carbocycles. The van der Waals surface area contributed by atoms with Gasteiger partial charge in [-0.2, -0.15) is 17.9 Å². The molecule has 0 aliphatic heterocycles. The molecule has 0 saturated carbocycles. The van der Waals surface area contributed by atoms with Crippen LogP contribution in [-0.2, 0) is 24.1 Å². The van der Waals surface area contributed by atoms with Crippen LogP contribution in [-0.4, -0.2) is 26.3 Å². The number of nitrogens with one attached hydrogen (secondary N) is 1. The Kier molecular flexibility index (Phi) is 5.23. The van der Waals surface area contributed by atoms with Gasteiger partial charge in [0.1, 0.15) is 11.9 Å². The minimum atomic E-state index is -4.51. The van der Waals surface area contributed by atoms with Crippen molar-refractivity contribution in [3.8, 4) is 0 Å². The van der Waals surface area contributed by atoms with Crippen LogP contribution in [0.2, 0.25) is 5.02 Å². The maximum absolute atomic E-state index is 12.6. The number of amides is 1. The lowest BCUT2D eigenvalue weighted by Crippen LogP contribution is -2.29. The van der Waals surface area contributed by atoms with Crippen LogP contribution in [0.5, 0.6) is 0 Å². The third-order valence-corrected chi connectivity index (χ3v) is 3.59. The number of nitrogens with zero attached hydrogens (tertiary/aromatic N) is 2. The van der Waals surface area contributed by atoms with Crippen LogP contribution >= 0.6 is 11.6 Å². The average molecular weight is 366 g/mol. The lowest BCUT2D eigenvalue weighted by molar-refractivity contribution is -0.137. The maximum Gasteiger partial charge on any atom is 0.417 e. The van der Waals surface area contributed by atoms with Gasteiger partial charge in [-0.1, -0.05) is 17.7 Å². The molecule has 1 aromatic heterocycles. The predicted molar refractivity (Wildman–Crippen MR) is 79.3 cm³/mol. The monoisotopic (exact) mass is 365 g/mol. The molecule has 1 atom stereocenters. The van der Waals surface area contributed by atoms with E-state index in [1.807, 2.05) is 0 Å². The van der Waals surface area contributed by atoms with Gasteiger partial charge in [-0.3, -0.25) is 4.79 Å². The number of halogens is 4. The van der Waals surface area contributed by atoms with Gasteiger partial charge >= 0.3 is 12.1 Å². The second kappa shape index (κ2) is 6.81. The topological polar surface area (TPSA) is 70.0 Å². The highest BCUT2D eigenvalue weighted by Gasteiger charge is 2.32. The SMILES string of the molecule is C[S+]([O-])NC(=O)c1cn(Cc2ccc(C(F)(F)F)c(Cl)c2)cn1. The van der Waals surface area contributed by atoms with E-state index in [4.69, 9.17) is 11.6 Å². The molecule has 1 aromatic carbocycles. The van der Waals surface area contributed by atoms with E-state index < -0.39 is 34.0 Å². The van der Waals surface area contributed by atoms with Crippen LogP contribution in [0.25, 0.3) is 0 Å². The summed E-state index contributed by atoms with van der Waals surface area (Å²) < 4.78 is 52.5. The average Bonchev–Trinajstić information content (AvgIpc) is 2.85. The van der Waals surface area contributed by atoms with Crippen LogP contribution < -0.4 is 4.72 Å². The lowest BCUT2D eigenvalue weighted by atomic mass is 10.1. The fraction of sp³-hybridized carbons (Fsp3) is 0.231. The van der Waals surface area contributed by atoms with E-state index in [1.165, 1.54) is 35.5 Å². The summed E-state index contributed by atoms with van der Waals surface area (Å²) in [5.74, 6) is -0.602. The zero-order valence-corrected chi connectivity index (χ0v) is 13.3. The first-order chi connectivity index (χ1) is 10.7. The van der Waals surface area contributed by atoms with Gasteiger partial charge in [0.25, 0.3) is 0 Å². The van der Waals surface area contributed by atoms with Gasteiger partial charge in [0.15, 0.2) is 0 Å². The normalized spacial score (nSPS) is 13.0. The Balaban J connectivity index is 2.13. The van der Waals surface area contributed by atoms with Gasteiger partial charge in [-0.05, 0) is 17.7 Å². The van der Waals surface area contributed by atoms with Crippen LogP contribution in [0.4, 0.5) is 13.2 Å².